The Balaban J connectivity index is 0.810. The molecule has 19 nitrogen and oxygen atoms in total. The molecular weight excluding hydrogens is 996 g/mol. The van der Waals surface area contributed by atoms with Gasteiger partial charge in [0.15, 0.2) is 17.7 Å². The number of oxazole rings is 1. The van der Waals surface area contributed by atoms with Crippen LogP contribution in [0.3, 0.4) is 0 Å². The highest BCUT2D eigenvalue weighted by Crippen LogP contribution is 2.53. The summed E-state index contributed by atoms with van der Waals surface area (Å²) in [5.74, 6) is 0.991. The lowest BCUT2D eigenvalue weighted by molar-refractivity contribution is -0.384. The van der Waals surface area contributed by atoms with Crippen LogP contribution in [-0.2, 0) is 21.3 Å². The third-order valence-electron chi connectivity index (χ3n) is 15.9. The predicted molar refractivity (Wildman–Crippen MR) is 283 cm³/mol. The number of alkyl halides is 1. The number of aromatic nitrogens is 4. The molecule has 4 aromatic heterocycles. The van der Waals surface area contributed by atoms with Crippen LogP contribution >= 0.6 is 0 Å². The Morgan fingerprint density at radius 2 is 1.74 bits per heavy atom. The molecule has 398 valence electrons. The Morgan fingerprint density at radius 1 is 0.961 bits per heavy atom. The lowest BCUT2D eigenvalue weighted by atomic mass is 9.59. The molecule has 21 heteroatoms. The lowest BCUT2D eigenvalue weighted by Gasteiger charge is -2.58. The van der Waals surface area contributed by atoms with E-state index in [1.165, 1.54) is 29.1 Å². The summed E-state index contributed by atoms with van der Waals surface area (Å²) in [4.78, 5) is 49.0. The van der Waals surface area contributed by atoms with Gasteiger partial charge in [-0.2, -0.15) is 0 Å². The molecule has 3 aliphatic heterocycles. The average Bonchev–Trinajstić information content (AvgIpc) is 4.12. The smallest absolute Gasteiger partial charge is 0.297 e. The average molecular weight is 1060 g/mol. The standard InChI is InChI=1S/C55H61FN10O9S/c1-35(2)41-6-4-5-7-42(41)45-32-63(31-36-8-10-39(72-3)11-9-36)20-21-65(45)38-27-54(28-38)13-18-64(19-14-54)48-26-46(75-40-24-37-12-17-57-52(37)59-29-40)43(30-58-48)53(67)62-76(70,71)47-25-44(66(68)69)49(51-50(47)61-34-74-51)60-33-55(56)15-22-73-23-16-55/h4-12,17,24-26,29-30,34-35,38,45,60H,13-16,18-23,27-28,31-33H2,1-3H3,(H,57,59)(H,62,67)/t45-/m0/s1. The van der Waals surface area contributed by atoms with Crippen LogP contribution in [0.25, 0.3) is 22.1 Å². The van der Waals surface area contributed by atoms with E-state index < -0.39 is 37.1 Å². The van der Waals surface area contributed by atoms with Crippen molar-refractivity contribution in [2.24, 2.45) is 5.41 Å². The molecule has 1 atom stereocenters. The zero-order valence-corrected chi connectivity index (χ0v) is 43.5. The van der Waals surface area contributed by atoms with Crippen LogP contribution in [0.1, 0.15) is 91.4 Å². The number of H-pyrrole nitrogens is 1. The predicted octanol–water partition coefficient (Wildman–Crippen LogP) is 9.29. The summed E-state index contributed by atoms with van der Waals surface area (Å²) in [6, 6.07) is 24.0. The molecule has 4 fully saturated rings. The summed E-state index contributed by atoms with van der Waals surface area (Å²) < 4.78 is 68.6. The summed E-state index contributed by atoms with van der Waals surface area (Å²) in [5, 5.41) is 16.0. The van der Waals surface area contributed by atoms with Gasteiger partial charge in [0, 0.05) is 114 Å². The second-order valence-electron chi connectivity index (χ2n) is 21.0. The van der Waals surface area contributed by atoms with Gasteiger partial charge in [-0.1, -0.05) is 50.2 Å². The molecule has 76 heavy (non-hydrogen) atoms. The Labute approximate surface area is 439 Å². The molecule has 7 aromatic rings. The number of halogens is 1. The summed E-state index contributed by atoms with van der Waals surface area (Å²) in [5.41, 5.74) is 1.36. The van der Waals surface area contributed by atoms with Crippen LogP contribution in [0.15, 0.2) is 107 Å². The fraction of sp³-hybridized carbons (Fsp3) is 0.418. The molecule has 1 amide bonds. The molecule has 7 heterocycles. The first-order chi connectivity index (χ1) is 36.7. The zero-order valence-electron chi connectivity index (χ0n) is 42.7. The lowest BCUT2D eigenvalue weighted by Crippen LogP contribution is -2.60. The number of piperazine rings is 1. The van der Waals surface area contributed by atoms with Crippen molar-refractivity contribution in [3.05, 3.63) is 130 Å². The molecule has 0 bridgehead atoms. The van der Waals surface area contributed by atoms with Gasteiger partial charge < -0.3 is 33.8 Å². The fourth-order valence-corrected chi connectivity index (χ4v) is 12.8. The van der Waals surface area contributed by atoms with E-state index >= 15 is 4.39 Å². The number of aromatic amines is 1. The molecule has 1 spiro atoms. The maximum Gasteiger partial charge on any atom is 0.297 e. The van der Waals surface area contributed by atoms with Crippen molar-refractivity contribution in [3.8, 4) is 17.2 Å². The quantitative estimate of drug-likeness (QED) is 0.0606. The van der Waals surface area contributed by atoms with Gasteiger partial charge in [-0.05, 0) is 78.0 Å². The largest absolute Gasteiger partial charge is 0.497 e. The number of nitro benzene ring substituents is 1. The van der Waals surface area contributed by atoms with E-state index in [1.807, 2.05) is 18.2 Å². The van der Waals surface area contributed by atoms with E-state index in [0.717, 1.165) is 75.5 Å². The highest BCUT2D eigenvalue weighted by atomic mass is 32.2. The van der Waals surface area contributed by atoms with Gasteiger partial charge >= 0.3 is 0 Å². The number of carbonyl (C=O) groups excluding carboxylic acids is 1. The maximum absolute atomic E-state index is 15.6. The number of ether oxygens (including phenoxy) is 3. The highest BCUT2D eigenvalue weighted by Gasteiger charge is 2.50. The molecule has 3 saturated heterocycles. The van der Waals surface area contributed by atoms with Crippen molar-refractivity contribution in [1.82, 2.24) is 34.5 Å². The number of nitrogens with zero attached hydrogens (tertiary/aromatic N) is 7. The van der Waals surface area contributed by atoms with Gasteiger partial charge in [0.2, 0.25) is 0 Å². The van der Waals surface area contributed by atoms with Crippen molar-refractivity contribution in [3.63, 3.8) is 0 Å². The maximum atomic E-state index is 15.6. The number of sulfonamides is 1. The van der Waals surface area contributed by atoms with Crippen molar-refractivity contribution in [2.75, 3.05) is 69.8 Å². The van der Waals surface area contributed by atoms with E-state index in [-0.39, 0.29) is 77.9 Å². The van der Waals surface area contributed by atoms with Gasteiger partial charge in [0.25, 0.3) is 21.6 Å². The first kappa shape index (κ1) is 50.9. The molecule has 3 N–H and O–H groups in total. The van der Waals surface area contributed by atoms with Crippen molar-refractivity contribution >= 4 is 55.3 Å². The number of fused-ring (bicyclic) bond motifs is 2. The molecule has 0 radical (unpaired) electrons. The number of pyridine rings is 2. The topological polar surface area (TPSA) is 223 Å². The monoisotopic (exact) mass is 1060 g/mol. The van der Waals surface area contributed by atoms with E-state index in [2.05, 4.69) is 89.9 Å². The number of hydrogen-bond acceptors (Lipinski definition) is 16. The van der Waals surface area contributed by atoms with E-state index in [1.54, 1.807) is 25.4 Å². The van der Waals surface area contributed by atoms with Gasteiger partial charge in [-0.25, -0.2) is 32.5 Å². The van der Waals surface area contributed by atoms with E-state index in [0.29, 0.717) is 36.5 Å². The first-order valence-corrected chi connectivity index (χ1v) is 27.3. The van der Waals surface area contributed by atoms with Gasteiger partial charge in [0.1, 0.15) is 50.4 Å². The number of nitrogens with one attached hydrogen (secondary N) is 3. The second kappa shape index (κ2) is 20.7. The molecule has 0 unspecified atom stereocenters. The Kier molecular flexibility index (Phi) is 13.9. The van der Waals surface area contributed by atoms with Crippen LogP contribution in [0, 0.1) is 15.5 Å². The second-order valence-corrected chi connectivity index (χ2v) is 22.7. The van der Waals surface area contributed by atoms with E-state index in [4.69, 9.17) is 23.6 Å². The minimum Gasteiger partial charge on any atom is -0.497 e. The molecule has 11 rings (SSSR count). The SMILES string of the molecule is COc1ccc(CN2CCN(C3CC4(CCN(c5cc(Oc6cnc7[nH]ccc7c6)c(C(=O)NS(=O)(=O)c6cc([N+](=O)[O-])c(NCC7(F)CCOCC7)c7ocnc67)cn5)CC4)C3)[C@H](c3ccccc3C(C)C)C2)cc1. The molecule has 4 aliphatic rings. The summed E-state index contributed by atoms with van der Waals surface area (Å²) in [7, 11) is -3.20. The molecule has 1 aliphatic carbocycles. The third-order valence-corrected chi connectivity index (χ3v) is 17.3. The number of amides is 1. The fourth-order valence-electron chi connectivity index (χ4n) is 11.7. The van der Waals surface area contributed by atoms with Crippen molar-refractivity contribution in [1.29, 1.82) is 0 Å². The van der Waals surface area contributed by atoms with Crippen LogP contribution < -0.4 is 24.4 Å². The molecule has 1 saturated carbocycles. The van der Waals surface area contributed by atoms with Gasteiger partial charge in [0.05, 0.1) is 18.2 Å². The van der Waals surface area contributed by atoms with Crippen LogP contribution in [0.4, 0.5) is 21.6 Å². The number of carbonyl (C=O) groups is 1. The Bertz CT molecular complexity index is 3380. The van der Waals surface area contributed by atoms with Crippen LogP contribution in [0.5, 0.6) is 17.2 Å². The van der Waals surface area contributed by atoms with Crippen molar-refractivity contribution < 1.29 is 41.2 Å². The minimum atomic E-state index is -4.90. The highest BCUT2D eigenvalue weighted by molar-refractivity contribution is 7.90. The van der Waals surface area contributed by atoms with Crippen LogP contribution in [0.2, 0.25) is 0 Å². The number of nitro groups is 1. The first-order valence-electron chi connectivity index (χ1n) is 25.9. The molecule has 3 aromatic carbocycles. The number of piperidine rings is 1. The van der Waals surface area contributed by atoms with Crippen LogP contribution in [-0.4, -0.2) is 120 Å². The number of benzene rings is 3. The van der Waals surface area contributed by atoms with Gasteiger partial charge in [-0.3, -0.25) is 24.7 Å². The number of anilines is 2. The number of hydrogen-bond donors (Lipinski definition) is 3. The van der Waals surface area contributed by atoms with E-state index in [9.17, 15) is 23.3 Å². The summed E-state index contributed by atoms with van der Waals surface area (Å²) in [6.07, 6.45) is 9.63. The summed E-state index contributed by atoms with van der Waals surface area (Å²) >= 11 is 0. The third kappa shape index (κ3) is 10.3. The number of rotatable bonds is 16. The minimum absolute atomic E-state index is 0.0163. The number of methoxy groups -OCH3 is 1. The summed E-state index contributed by atoms with van der Waals surface area (Å²) in [6.45, 7) is 9.79. The van der Waals surface area contributed by atoms with Crippen molar-refractivity contribution in [2.45, 2.75) is 87.5 Å². The Hall–Kier alpha value is -7.20. The Morgan fingerprint density at radius 3 is 2.49 bits per heavy atom. The van der Waals surface area contributed by atoms with Gasteiger partial charge in [-0.15, -0.1) is 0 Å². The zero-order chi connectivity index (χ0) is 52.8. The molecular formula is C55H61FN10O9S. The normalized spacial score (nSPS) is 19.2.